The van der Waals surface area contributed by atoms with Gasteiger partial charge in [-0.2, -0.15) is 4.31 Å². The third-order valence-electron chi connectivity index (χ3n) is 3.22. The molecule has 4 nitrogen and oxygen atoms in total. The average molecular weight is 275 g/mol. The van der Waals surface area contributed by atoms with E-state index in [9.17, 15) is 8.42 Å². The number of thiophene rings is 1. The van der Waals surface area contributed by atoms with E-state index in [1.54, 1.807) is 19.2 Å². The Morgan fingerprint density at radius 1 is 1.47 bits per heavy atom. The van der Waals surface area contributed by atoms with Crippen molar-refractivity contribution in [3.8, 4) is 0 Å². The zero-order valence-electron chi connectivity index (χ0n) is 9.80. The Morgan fingerprint density at radius 2 is 2.18 bits per heavy atom. The first-order valence-corrected chi connectivity index (χ1v) is 7.99. The van der Waals surface area contributed by atoms with E-state index < -0.39 is 10.0 Å². The van der Waals surface area contributed by atoms with E-state index in [0.717, 1.165) is 24.1 Å². The van der Waals surface area contributed by atoms with Crippen LogP contribution in [0.3, 0.4) is 0 Å². The molecule has 0 aliphatic heterocycles. The molecular weight excluding hydrogens is 258 g/mol. The highest BCUT2D eigenvalue weighted by atomic mass is 32.2. The van der Waals surface area contributed by atoms with Gasteiger partial charge in [-0.3, -0.25) is 0 Å². The van der Waals surface area contributed by atoms with Gasteiger partial charge >= 0.3 is 0 Å². The highest BCUT2D eigenvalue weighted by Crippen LogP contribution is 2.31. The fourth-order valence-electron chi connectivity index (χ4n) is 1.83. The zero-order chi connectivity index (χ0) is 12.5. The Hall–Kier alpha value is -0.430. The van der Waals surface area contributed by atoms with Gasteiger partial charge in [-0.1, -0.05) is 6.42 Å². The standard InChI is InChI=1S/C11H17NO3S2/c1-12(9-3-2-4-9)17(14,15)11-6-5-10(16-11)7-8-13/h5-6,9,13H,2-4,7-8H2,1H3. The second-order valence-corrected chi connectivity index (χ2v) is 7.69. The smallest absolute Gasteiger partial charge is 0.252 e. The maximum atomic E-state index is 12.3. The molecule has 0 amide bonds. The maximum Gasteiger partial charge on any atom is 0.252 e. The van der Waals surface area contributed by atoms with Crippen LogP contribution >= 0.6 is 11.3 Å². The minimum absolute atomic E-state index is 0.0540. The molecule has 1 aromatic heterocycles. The largest absolute Gasteiger partial charge is 0.396 e. The molecule has 1 heterocycles. The number of aliphatic hydroxyl groups is 1. The van der Waals surface area contributed by atoms with Gasteiger partial charge in [-0.15, -0.1) is 11.3 Å². The Morgan fingerprint density at radius 3 is 2.71 bits per heavy atom. The van der Waals surface area contributed by atoms with Gasteiger partial charge in [-0.05, 0) is 25.0 Å². The molecule has 0 atom stereocenters. The highest BCUT2D eigenvalue weighted by Gasteiger charge is 2.32. The van der Waals surface area contributed by atoms with Crippen molar-refractivity contribution in [3.05, 3.63) is 17.0 Å². The maximum absolute atomic E-state index is 12.3. The summed E-state index contributed by atoms with van der Waals surface area (Å²) in [4.78, 5) is 0.910. The Balaban J connectivity index is 2.18. The Bertz CT molecular complexity index is 477. The molecule has 1 N–H and O–H groups in total. The molecule has 0 radical (unpaired) electrons. The molecule has 1 aromatic rings. The molecule has 0 bridgehead atoms. The summed E-state index contributed by atoms with van der Waals surface area (Å²) in [5.74, 6) is 0. The summed E-state index contributed by atoms with van der Waals surface area (Å²) in [5.41, 5.74) is 0. The first-order chi connectivity index (χ1) is 8.05. The number of hydrogen-bond acceptors (Lipinski definition) is 4. The van der Waals surface area contributed by atoms with Crippen LogP contribution < -0.4 is 0 Å². The molecule has 17 heavy (non-hydrogen) atoms. The van der Waals surface area contributed by atoms with Crippen LogP contribution in [0.4, 0.5) is 0 Å². The highest BCUT2D eigenvalue weighted by molar-refractivity contribution is 7.91. The van der Waals surface area contributed by atoms with E-state index in [-0.39, 0.29) is 12.6 Å². The molecule has 0 unspecified atom stereocenters. The molecule has 1 saturated carbocycles. The van der Waals surface area contributed by atoms with Crippen molar-refractivity contribution in [2.75, 3.05) is 13.7 Å². The fourth-order valence-corrected chi connectivity index (χ4v) is 4.78. The lowest BCUT2D eigenvalue weighted by molar-refractivity contribution is 0.250. The van der Waals surface area contributed by atoms with Crippen molar-refractivity contribution in [3.63, 3.8) is 0 Å². The first-order valence-electron chi connectivity index (χ1n) is 5.73. The number of hydrogen-bond donors (Lipinski definition) is 1. The predicted octanol–water partition coefficient (Wildman–Crippen LogP) is 1.46. The van der Waals surface area contributed by atoms with Crippen LogP contribution in [0.1, 0.15) is 24.1 Å². The van der Waals surface area contributed by atoms with Crippen LogP contribution in [0, 0.1) is 0 Å². The normalized spacial score (nSPS) is 17.4. The molecule has 0 spiro atoms. The average Bonchev–Trinajstić information content (AvgIpc) is 2.64. The van der Waals surface area contributed by atoms with E-state index in [4.69, 9.17) is 5.11 Å². The van der Waals surface area contributed by atoms with Gasteiger partial charge in [0.05, 0.1) is 0 Å². The van der Waals surface area contributed by atoms with Gasteiger partial charge in [0, 0.05) is 31.0 Å². The number of sulfonamides is 1. The lowest BCUT2D eigenvalue weighted by Gasteiger charge is -2.33. The molecule has 2 rings (SSSR count). The molecule has 6 heteroatoms. The summed E-state index contributed by atoms with van der Waals surface area (Å²) in [6.07, 6.45) is 3.56. The van der Waals surface area contributed by atoms with Crippen molar-refractivity contribution >= 4 is 21.4 Å². The molecule has 0 saturated heterocycles. The fraction of sp³-hybridized carbons (Fsp3) is 0.636. The van der Waals surface area contributed by atoms with Crippen molar-refractivity contribution in [1.29, 1.82) is 0 Å². The summed E-state index contributed by atoms with van der Waals surface area (Å²) < 4.78 is 26.4. The van der Waals surface area contributed by atoms with Gasteiger partial charge in [0.1, 0.15) is 4.21 Å². The van der Waals surface area contributed by atoms with Gasteiger partial charge < -0.3 is 5.11 Å². The molecule has 1 aliphatic carbocycles. The SMILES string of the molecule is CN(C1CCC1)S(=O)(=O)c1ccc(CCO)s1. The van der Waals surface area contributed by atoms with E-state index in [0.29, 0.717) is 10.6 Å². The van der Waals surface area contributed by atoms with Crippen molar-refractivity contribution in [2.24, 2.45) is 0 Å². The predicted molar refractivity (Wildman–Crippen MR) is 67.7 cm³/mol. The number of rotatable bonds is 5. The van der Waals surface area contributed by atoms with Crippen LogP contribution in [-0.4, -0.2) is 37.5 Å². The van der Waals surface area contributed by atoms with E-state index in [1.807, 2.05) is 0 Å². The zero-order valence-corrected chi connectivity index (χ0v) is 11.4. The summed E-state index contributed by atoms with van der Waals surface area (Å²) >= 11 is 1.26. The number of nitrogens with zero attached hydrogens (tertiary/aromatic N) is 1. The molecule has 96 valence electrons. The summed E-state index contributed by atoms with van der Waals surface area (Å²) in [6, 6.07) is 3.59. The van der Waals surface area contributed by atoms with E-state index in [2.05, 4.69) is 0 Å². The minimum atomic E-state index is -3.33. The Kier molecular flexibility index (Phi) is 3.87. The molecule has 1 aliphatic rings. The van der Waals surface area contributed by atoms with Gasteiger partial charge in [0.15, 0.2) is 0 Å². The van der Waals surface area contributed by atoms with Gasteiger partial charge in [0.25, 0.3) is 10.0 Å². The minimum Gasteiger partial charge on any atom is -0.396 e. The molecular formula is C11H17NO3S2. The van der Waals surface area contributed by atoms with Crippen LogP contribution in [0.15, 0.2) is 16.3 Å². The third kappa shape index (κ3) is 2.54. The second-order valence-electron chi connectivity index (χ2n) is 4.30. The lowest BCUT2D eigenvalue weighted by Crippen LogP contribution is -2.40. The Labute approximate surface area is 106 Å². The van der Waals surface area contributed by atoms with Crippen LogP contribution in [0.5, 0.6) is 0 Å². The quantitative estimate of drug-likeness (QED) is 0.885. The second kappa shape index (κ2) is 5.06. The summed E-state index contributed by atoms with van der Waals surface area (Å²) in [7, 11) is -1.67. The third-order valence-corrected chi connectivity index (χ3v) is 6.74. The summed E-state index contributed by atoms with van der Waals surface area (Å²) in [6.45, 7) is 0.0540. The first kappa shape index (κ1) is 13.0. The van der Waals surface area contributed by atoms with Crippen LogP contribution in [0.25, 0.3) is 0 Å². The monoisotopic (exact) mass is 275 g/mol. The van der Waals surface area contributed by atoms with E-state index in [1.165, 1.54) is 15.6 Å². The molecule has 0 aromatic carbocycles. The van der Waals surface area contributed by atoms with Crippen LogP contribution in [0.2, 0.25) is 0 Å². The number of aliphatic hydroxyl groups excluding tert-OH is 1. The van der Waals surface area contributed by atoms with Crippen molar-refractivity contribution in [2.45, 2.75) is 35.9 Å². The topological polar surface area (TPSA) is 57.6 Å². The van der Waals surface area contributed by atoms with Gasteiger partial charge in [0.2, 0.25) is 0 Å². The van der Waals surface area contributed by atoms with Crippen molar-refractivity contribution < 1.29 is 13.5 Å². The van der Waals surface area contributed by atoms with Crippen molar-refractivity contribution in [1.82, 2.24) is 4.31 Å². The van der Waals surface area contributed by atoms with Crippen LogP contribution in [-0.2, 0) is 16.4 Å². The molecule has 1 fully saturated rings. The summed E-state index contributed by atoms with van der Waals surface area (Å²) in [5, 5.41) is 8.82. The van der Waals surface area contributed by atoms with Gasteiger partial charge in [-0.25, -0.2) is 8.42 Å². The van der Waals surface area contributed by atoms with E-state index >= 15 is 0 Å². The lowest BCUT2D eigenvalue weighted by atomic mass is 9.94.